The molecule has 1 aliphatic heterocycles. The van der Waals surface area contributed by atoms with Crippen molar-refractivity contribution in [3.05, 3.63) is 72.3 Å². The van der Waals surface area contributed by atoms with Crippen LogP contribution in [-0.4, -0.2) is 43.7 Å². The first-order chi connectivity index (χ1) is 17.5. The standard InChI is InChI=1S/C26H26FN7O2/c1-17(2)34-16-28-32-25(34)21-7-5-8-22(29-21)30-26(35)19-15-18(11-12-20(19)27)36-24-10-6-9-23(31-24)33-13-3-4-14-33/h5-12,15-17H,3-4,13-14H2,1-2H3,(H,29,30,35). The number of hydrogen-bond acceptors (Lipinski definition) is 7. The van der Waals surface area contributed by atoms with Gasteiger partial charge in [0.25, 0.3) is 5.91 Å². The van der Waals surface area contributed by atoms with E-state index in [4.69, 9.17) is 4.74 Å². The number of aromatic nitrogens is 5. The minimum atomic E-state index is -0.672. The number of carbonyl (C=O) groups is 1. The monoisotopic (exact) mass is 487 g/mol. The summed E-state index contributed by atoms with van der Waals surface area (Å²) in [4.78, 5) is 24.2. The highest BCUT2D eigenvalue weighted by Crippen LogP contribution is 2.26. The van der Waals surface area contributed by atoms with Crippen LogP contribution in [0.15, 0.2) is 60.9 Å². The Balaban J connectivity index is 1.33. The van der Waals surface area contributed by atoms with Gasteiger partial charge >= 0.3 is 0 Å². The largest absolute Gasteiger partial charge is 0.439 e. The molecule has 3 aromatic heterocycles. The van der Waals surface area contributed by atoms with Crippen LogP contribution in [0, 0.1) is 5.82 Å². The van der Waals surface area contributed by atoms with E-state index in [9.17, 15) is 9.18 Å². The second-order valence-corrected chi connectivity index (χ2v) is 8.79. The molecule has 0 spiro atoms. The number of benzene rings is 1. The number of carbonyl (C=O) groups excluding carboxylic acids is 1. The quantitative estimate of drug-likeness (QED) is 0.387. The zero-order valence-electron chi connectivity index (χ0n) is 20.1. The van der Waals surface area contributed by atoms with Gasteiger partial charge in [-0.25, -0.2) is 9.37 Å². The lowest BCUT2D eigenvalue weighted by Crippen LogP contribution is -2.18. The predicted octanol–water partition coefficient (Wildman–Crippen LogP) is 5.10. The Morgan fingerprint density at radius 2 is 1.86 bits per heavy atom. The highest BCUT2D eigenvalue weighted by atomic mass is 19.1. The van der Waals surface area contributed by atoms with Gasteiger partial charge in [0.05, 0.1) is 5.56 Å². The predicted molar refractivity (Wildman–Crippen MR) is 134 cm³/mol. The van der Waals surface area contributed by atoms with E-state index in [1.807, 2.05) is 30.5 Å². The van der Waals surface area contributed by atoms with Gasteiger partial charge < -0.3 is 19.5 Å². The molecule has 0 bridgehead atoms. The highest BCUT2D eigenvalue weighted by Gasteiger charge is 2.18. The van der Waals surface area contributed by atoms with Crippen molar-refractivity contribution in [2.24, 2.45) is 0 Å². The number of anilines is 2. The number of nitrogens with zero attached hydrogens (tertiary/aromatic N) is 6. The number of halogens is 1. The normalized spacial score (nSPS) is 13.3. The fourth-order valence-electron chi connectivity index (χ4n) is 4.06. The number of hydrogen-bond donors (Lipinski definition) is 1. The molecule has 1 amide bonds. The van der Waals surface area contributed by atoms with Crippen molar-refractivity contribution in [2.75, 3.05) is 23.3 Å². The van der Waals surface area contributed by atoms with E-state index in [2.05, 4.69) is 30.4 Å². The third kappa shape index (κ3) is 5.02. The van der Waals surface area contributed by atoms with Crippen molar-refractivity contribution in [1.29, 1.82) is 0 Å². The summed E-state index contributed by atoms with van der Waals surface area (Å²) in [5.41, 5.74) is 0.376. The van der Waals surface area contributed by atoms with E-state index < -0.39 is 11.7 Å². The fraction of sp³-hybridized carbons (Fsp3) is 0.269. The molecule has 9 nitrogen and oxygen atoms in total. The van der Waals surface area contributed by atoms with E-state index in [-0.39, 0.29) is 17.4 Å². The van der Waals surface area contributed by atoms with E-state index in [1.54, 1.807) is 30.6 Å². The summed E-state index contributed by atoms with van der Waals surface area (Å²) in [7, 11) is 0. The van der Waals surface area contributed by atoms with Gasteiger partial charge in [0.15, 0.2) is 5.82 Å². The summed E-state index contributed by atoms with van der Waals surface area (Å²) in [5.74, 6) is 1.04. The van der Waals surface area contributed by atoms with E-state index in [0.717, 1.165) is 31.7 Å². The summed E-state index contributed by atoms with van der Waals surface area (Å²) < 4.78 is 22.3. The average molecular weight is 488 g/mol. The van der Waals surface area contributed by atoms with Crippen molar-refractivity contribution < 1.29 is 13.9 Å². The molecule has 5 rings (SSSR count). The van der Waals surface area contributed by atoms with Crippen molar-refractivity contribution in [2.45, 2.75) is 32.7 Å². The molecular formula is C26H26FN7O2. The number of rotatable bonds is 7. The molecule has 1 saturated heterocycles. The van der Waals surface area contributed by atoms with Gasteiger partial charge in [-0.1, -0.05) is 12.1 Å². The Morgan fingerprint density at radius 3 is 2.67 bits per heavy atom. The molecule has 0 unspecified atom stereocenters. The van der Waals surface area contributed by atoms with Crippen LogP contribution in [0.4, 0.5) is 16.0 Å². The van der Waals surface area contributed by atoms with Crippen LogP contribution in [-0.2, 0) is 0 Å². The summed E-state index contributed by atoms with van der Waals surface area (Å²) >= 11 is 0. The molecular weight excluding hydrogens is 461 g/mol. The third-order valence-electron chi connectivity index (χ3n) is 5.89. The molecule has 36 heavy (non-hydrogen) atoms. The topological polar surface area (TPSA) is 98.1 Å². The second-order valence-electron chi connectivity index (χ2n) is 8.79. The zero-order valence-corrected chi connectivity index (χ0v) is 20.1. The van der Waals surface area contributed by atoms with Gasteiger partial charge in [0.2, 0.25) is 5.88 Å². The van der Waals surface area contributed by atoms with Gasteiger partial charge in [0.1, 0.15) is 35.2 Å². The first-order valence-corrected chi connectivity index (χ1v) is 11.9. The molecule has 0 atom stereocenters. The molecule has 4 aromatic rings. The van der Waals surface area contributed by atoms with Crippen LogP contribution >= 0.6 is 0 Å². The maximum absolute atomic E-state index is 14.6. The molecule has 0 radical (unpaired) electrons. The Kier molecular flexibility index (Phi) is 6.57. The summed E-state index contributed by atoms with van der Waals surface area (Å²) in [6.45, 7) is 5.94. The first-order valence-electron chi connectivity index (χ1n) is 11.9. The molecule has 1 N–H and O–H groups in total. The maximum atomic E-state index is 14.6. The number of amides is 1. The van der Waals surface area contributed by atoms with Crippen molar-refractivity contribution in [3.63, 3.8) is 0 Å². The van der Waals surface area contributed by atoms with Crippen LogP contribution in [0.25, 0.3) is 11.5 Å². The highest BCUT2D eigenvalue weighted by molar-refractivity contribution is 6.04. The van der Waals surface area contributed by atoms with Gasteiger partial charge in [-0.2, -0.15) is 4.98 Å². The van der Waals surface area contributed by atoms with E-state index >= 15 is 0 Å². The number of ether oxygens (including phenoxy) is 1. The fourth-order valence-corrected chi connectivity index (χ4v) is 4.06. The zero-order chi connectivity index (χ0) is 25.1. The van der Waals surface area contributed by atoms with E-state index in [0.29, 0.717) is 23.1 Å². The Hall–Kier alpha value is -4.34. The first kappa shape index (κ1) is 23.4. The molecule has 184 valence electrons. The summed E-state index contributed by atoms with van der Waals surface area (Å²) in [6.07, 6.45) is 3.90. The lowest BCUT2D eigenvalue weighted by atomic mass is 10.2. The minimum Gasteiger partial charge on any atom is -0.439 e. The SMILES string of the molecule is CC(C)n1cnnc1-c1cccc(NC(=O)c2cc(Oc3cccc(N4CCCC4)n3)ccc2F)n1. The van der Waals surface area contributed by atoms with Gasteiger partial charge in [-0.3, -0.25) is 4.79 Å². The van der Waals surface area contributed by atoms with Gasteiger partial charge in [0, 0.05) is 25.2 Å². The Bertz CT molecular complexity index is 1380. The molecule has 0 saturated carbocycles. The van der Waals surface area contributed by atoms with Crippen molar-refractivity contribution in [1.82, 2.24) is 24.7 Å². The van der Waals surface area contributed by atoms with Crippen LogP contribution in [0.2, 0.25) is 0 Å². The van der Waals surface area contributed by atoms with Crippen LogP contribution in [0.3, 0.4) is 0 Å². The Morgan fingerprint density at radius 1 is 1.06 bits per heavy atom. The minimum absolute atomic E-state index is 0.136. The third-order valence-corrected chi connectivity index (χ3v) is 5.89. The average Bonchev–Trinajstić information content (AvgIpc) is 3.58. The molecule has 1 aliphatic rings. The van der Waals surface area contributed by atoms with Crippen LogP contribution < -0.4 is 15.0 Å². The van der Waals surface area contributed by atoms with Crippen molar-refractivity contribution in [3.8, 4) is 23.1 Å². The smallest absolute Gasteiger partial charge is 0.259 e. The molecule has 1 fully saturated rings. The molecule has 10 heteroatoms. The van der Waals surface area contributed by atoms with Gasteiger partial charge in [-0.15, -0.1) is 10.2 Å². The molecule has 4 heterocycles. The summed E-state index contributed by atoms with van der Waals surface area (Å²) in [5, 5.41) is 10.8. The van der Waals surface area contributed by atoms with Crippen LogP contribution in [0.5, 0.6) is 11.6 Å². The molecule has 1 aromatic carbocycles. The number of pyridine rings is 2. The lowest BCUT2D eigenvalue weighted by Gasteiger charge is -2.17. The molecule has 0 aliphatic carbocycles. The lowest BCUT2D eigenvalue weighted by molar-refractivity contribution is 0.102. The Labute approximate surface area is 208 Å². The second kappa shape index (κ2) is 10.1. The summed E-state index contributed by atoms with van der Waals surface area (Å²) in [6, 6.07) is 14.8. The van der Waals surface area contributed by atoms with Crippen molar-refractivity contribution >= 4 is 17.5 Å². The van der Waals surface area contributed by atoms with Gasteiger partial charge in [-0.05, 0) is 63.1 Å². The van der Waals surface area contributed by atoms with Crippen LogP contribution in [0.1, 0.15) is 43.1 Å². The number of nitrogens with one attached hydrogen (secondary N) is 1. The van der Waals surface area contributed by atoms with E-state index in [1.165, 1.54) is 18.2 Å². The maximum Gasteiger partial charge on any atom is 0.259 e.